The van der Waals surface area contributed by atoms with Gasteiger partial charge in [-0.3, -0.25) is 0 Å². The van der Waals surface area contributed by atoms with Gasteiger partial charge in [0.15, 0.2) is 0 Å². The van der Waals surface area contributed by atoms with Crippen molar-refractivity contribution < 1.29 is 4.74 Å². The van der Waals surface area contributed by atoms with Gasteiger partial charge in [0.05, 0.1) is 6.61 Å². The van der Waals surface area contributed by atoms with Crippen LogP contribution in [0.1, 0.15) is 12.6 Å². The van der Waals surface area contributed by atoms with Gasteiger partial charge in [-0.25, -0.2) is 4.98 Å². The van der Waals surface area contributed by atoms with Crippen LogP contribution in [0.4, 0.5) is 5.69 Å². The maximum atomic E-state index is 8.63. The molecule has 0 aliphatic rings. The monoisotopic (exact) mass is 191 g/mol. The van der Waals surface area contributed by atoms with E-state index in [1.165, 1.54) is 0 Å². The third-order valence-electron chi connectivity index (χ3n) is 1.70. The van der Waals surface area contributed by atoms with Crippen molar-refractivity contribution in [2.24, 2.45) is 0 Å². The summed E-state index contributed by atoms with van der Waals surface area (Å²) in [5.74, 6) is 0. The molecule has 74 valence electrons. The van der Waals surface area contributed by atoms with Crippen LogP contribution in [0, 0.1) is 11.3 Å². The van der Waals surface area contributed by atoms with Gasteiger partial charge in [-0.2, -0.15) is 5.26 Å². The maximum absolute atomic E-state index is 8.63. The highest BCUT2D eigenvalue weighted by Gasteiger charge is 2.01. The Morgan fingerprint density at radius 3 is 3.14 bits per heavy atom. The molecule has 1 heterocycles. The quantitative estimate of drug-likeness (QED) is 0.781. The Morgan fingerprint density at radius 1 is 1.71 bits per heavy atom. The van der Waals surface area contributed by atoms with Crippen molar-refractivity contribution in [3.05, 3.63) is 24.0 Å². The smallest absolute Gasteiger partial charge is 0.142 e. The largest absolute Gasteiger partial charge is 0.383 e. The predicted molar refractivity (Wildman–Crippen MR) is 53.9 cm³/mol. The summed E-state index contributed by atoms with van der Waals surface area (Å²) < 4.78 is 4.99. The number of anilines is 1. The fourth-order valence-corrected chi connectivity index (χ4v) is 1.16. The summed E-state index contributed by atoms with van der Waals surface area (Å²) in [6.07, 6.45) is 1.61. The first kappa shape index (κ1) is 10.5. The minimum atomic E-state index is 0.217. The van der Waals surface area contributed by atoms with Crippen LogP contribution in [0.3, 0.4) is 0 Å². The highest BCUT2D eigenvalue weighted by molar-refractivity contribution is 5.46. The van der Waals surface area contributed by atoms with Gasteiger partial charge in [0.25, 0.3) is 0 Å². The molecule has 1 aromatic heterocycles. The minimum absolute atomic E-state index is 0.217. The van der Waals surface area contributed by atoms with Gasteiger partial charge in [0.1, 0.15) is 11.8 Å². The molecule has 4 nitrogen and oxygen atoms in total. The highest BCUT2D eigenvalue weighted by atomic mass is 16.5. The number of methoxy groups -OCH3 is 1. The molecule has 0 saturated heterocycles. The SMILES string of the molecule is COCC(C)Nc1ccnc(C#N)c1. The Labute approximate surface area is 83.5 Å². The molecule has 4 heteroatoms. The second-order valence-corrected chi connectivity index (χ2v) is 3.04. The first-order valence-electron chi connectivity index (χ1n) is 4.38. The fraction of sp³-hybridized carbons (Fsp3) is 0.400. The van der Waals surface area contributed by atoms with Crippen molar-refractivity contribution in [2.45, 2.75) is 13.0 Å². The molecule has 0 spiro atoms. The van der Waals surface area contributed by atoms with E-state index >= 15 is 0 Å². The van der Waals surface area contributed by atoms with E-state index in [1.54, 1.807) is 19.4 Å². The van der Waals surface area contributed by atoms with Crippen LogP contribution in [0.2, 0.25) is 0 Å². The highest BCUT2D eigenvalue weighted by Crippen LogP contribution is 2.08. The van der Waals surface area contributed by atoms with Crippen LogP contribution in [0.5, 0.6) is 0 Å². The first-order valence-corrected chi connectivity index (χ1v) is 4.38. The summed E-state index contributed by atoms with van der Waals surface area (Å²) in [4.78, 5) is 3.88. The Kier molecular flexibility index (Phi) is 3.89. The molecule has 0 bridgehead atoms. The Morgan fingerprint density at radius 2 is 2.50 bits per heavy atom. The number of rotatable bonds is 4. The molecule has 1 rings (SSSR count). The molecule has 0 saturated carbocycles. The van der Waals surface area contributed by atoms with Crippen molar-refractivity contribution in [3.63, 3.8) is 0 Å². The van der Waals surface area contributed by atoms with Crippen molar-refractivity contribution in [2.75, 3.05) is 19.0 Å². The zero-order valence-corrected chi connectivity index (χ0v) is 8.32. The summed E-state index contributed by atoms with van der Waals surface area (Å²) in [6.45, 7) is 2.64. The number of pyridine rings is 1. The molecule has 0 aliphatic carbocycles. The minimum Gasteiger partial charge on any atom is -0.383 e. The van der Waals surface area contributed by atoms with Crippen LogP contribution in [-0.4, -0.2) is 24.7 Å². The number of hydrogen-bond donors (Lipinski definition) is 1. The van der Waals surface area contributed by atoms with E-state index < -0.39 is 0 Å². The molecular weight excluding hydrogens is 178 g/mol. The van der Waals surface area contributed by atoms with Crippen molar-refractivity contribution in [1.29, 1.82) is 5.26 Å². The van der Waals surface area contributed by atoms with E-state index in [-0.39, 0.29) is 6.04 Å². The lowest BCUT2D eigenvalue weighted by Gasteiger charge is -2.13. The van der Waals surface area contributed by atoms with E-state index in [9.17, 15) is 0 Å². The summed E-state index contributed by atoms with van der Waals surface area (Å²) in [6, 6.07) is 5.75. The second kappa shape index (κ2) is 5.20. The van der Waals surface area contributed by atoms with Crippen LogP contribution in [-0.2, 0) is 4.74 Å². The average molecular weight is 191 g/mol. The summed E-state index contributed by atoms with van der Waals surface area (Å²) in [5.41, 5.74) is 1.31. The van der Waals surface area contributed by atoms with Gasteiger partial charge < -0.3 is 10.1 Å². The Balaban J connectivity index is 2.63. The van der Waals surface area contributed by atoms with E-state index in [0.717, 1.165) is 5.69 Å². The molecular formula is C10H13N3O. The molecule has 0 aliphatic heterocycles. The topological polar surface area (TPSA) is 57.9 Å². The third-order valence-corrected chi connectivity index (χ3v) is 1.70. The van der Waals surface area contributed by atoms with Crippen molar-refractivity contribution in [3.8, 4) is 6.07 Å². The fourth-order valence-electron chi connectivity index (χ4n) is 1.16. The number of nitriles is 1. The number of nitrogens with one attached hydrogen (secondary N) is 1. The van der Waals surface area contributed by atoms with Crippen molar-refractivity contribution >= 4 is 5.69 Å². The zero-order chi connectivity index (χ0) is 10.4. The molecule has 1 aromatic rings. The third kappa shape index (κ3) is 3.04. The number of ether oxygens (including phenoxy) is 1. The standard InChI is InChI=1S/C10H13N3O/c1-8(7-14-2)13-9-3-4-12-10(5-9)6-11/h3-5,8H,7H2,1-2H3,(H,12,13). The Bertz CT molecular complexity index is 332. The Hall–Kier alpha value is -1.60. The number of hydrogen-bond acceptors (Lipinski definition) is 4. The van der Waals surface area contributed by atoms with Crippen LogP contribution in [0.25, 0.3) is 0 Å². The summed E-state index contributed by atoms with van der Waals surface area (Å²) in [5, 5.41) is 11.8. The van der Waals surface area contributed by atoms with Gasteiger partial charge in [0, 0.05) is 25.0 Å². The molecule has 0 radical (unpaired) electrons. The molecule has 0 amide bonds. The lowest BCUT2D eigenvalue weighted by molar-refractivity contribution is 0.190. The lowest BCUT2D eigenvalue weighted by Crippen LogP contribution is -2.20. The molecule has 14 heavy (non-hydrogen) atoms. The van der Waals surface area contributed by atoms with E-state index in [1.807, 2.05) is 19.1 Å². The van der Waals surface area contributed by atoms with Crippen LogP contribution in [0.15, 0.2) is 18.3 Å². The maximum Gasteiger partial charge on any atom is 0.142 e. The number of nitrogens with zero attached hydrogens (tertiary/aromatic N) is 2. The van der Waals surface area contributed by atoms with E-state index in [4.69, 9.17) is 10.00 Å². The van der Waals surface area contributed by atoms with Crippen molar-refractivity contribution in [1.82, 2.24) is 4.98 Å². The second-order valence-electron chi connectivity index (χ2n) is 3.04. The molecule has 1 unspecified atom stereocenters. The van der Waals surface area contributed by atoms with Gasteiger partial charge in [-0.05, 0) is 19.1 Å². The first-order chi connectivity index (χ1) is 6.76. The normalized spacial score (nSPS) is 11.8. The summed E-state index contributed by atoms with van der Waals surface area (Å²) in [7, 11) is 1.66. The molecule has 0 fully saturated rings. The summed E-state index contributed by atoms with van der Waals surface area (Å²) >= 11 is 0. The predicted octanol–water partition coefficient (Wildman–Crippen LogP) is 1.40. The van der Waals surface area contributed by atoms with Gasteiger partial charge >= 0.3 is 0 Å². The van der Waals surface area contributed by atoms with E-state index in [0.29, 0.717) is 12.3 Å². The van der Waals surface area contributed by atoms with E-state index in [2.05, 4.69) is 10.3 Å². The molecule has 0 aromatic carbocycles. The van der Waals surface area contributed by atoms with Gasteiger partial charge in [-0.15, -0.1) is 0 Å². The molecule has 1 N–H and O–H groups in total. The lowest BCUT2D eigenvalue weighted by atomic mass is 10.3. The van der Waals surface area contributed by atoms with Crippen LogP contribution < -0.4 is 5.32 Å². The average Bonchev–Trinajstić information content (AvgIpc) is 2.18. The zero-order valence-electron chi connectivity index (χ0n) is 8.32. The van der Waals surface area contributed by atoms with Crippen LogP contribution >= 0.6 is 0 Å². The van der Waals surface area contributed by atoms with Gasteiger partial charge in [-0.1, -0.05) is 0 Å². The van der Waals surface area contributed by atoms with Gasteiger partial charge in [0.2, 0.25) is 0 Å². The molecule has 1 atom stereocenters. The number of aromatic nitrogens is 1.